The number of carbonyl (C=O) groups excluding carboxylic acids is 2. The number of H-pyrrole nitrogens is 1. The topological polar surface area (TPSA) is 108 Å². The fourth-order valence-electron chi connectivity index (χ4n) is 4.80. The molecule has 1 amide bonds. The molecule has 2 aliphatic heterocycles. The summed E-state index contributed by atoms with van der Waals surface area (Å²) in [6, 6.07) is 8.96. The average molecular weight is 493 g/mol. The zero-order valence-corrected chi connectivity index (χ0v) is 20.7. The molecule has 0 bridgehead atoms. The van der Waals surface area contributed by atoms with Crippen molar-refractivity contribution in [2.75, 3.05) is 39.5 Å². The molecule has 0 unspecified atom stereocenters. The van der Waals surface area contributed by atoms with Gasteiger partial charge in [0.25, 0.3) is 5.91 Å². The van der Waals surface area contributed by atoms with Crippen LogP contribution in [0.25, 0.3) is 10.9 Å². The predicted octanol–water partition coefficient (Wildman–Crippen LogP) is 3.36. The number of fused-ring (bicyclic) bond motifs is 2. The highest BCUT2D eigenvalue weighted by molar-refractivity contribution is 6.09. The zero-order chi connectivity index (χ0) is 25.2. The number of phenolic OH excluding ortho intramolecular Hbond substituents is 1. The van der Waals surface area contributed by atoms with E-state index >= 15 is 0 Å². The van der Waals surface area contributed by atoms with E-state index in [0.29, 0.717) is 42.7 Å². The molecular weight excluding hydrogens is 460 g/mol. The van der Waals surface area contributed by atoms with Crippen LogP contribution in [0.5, 0.6) is 11.5 Å². The molecule has 3 aromatic rings. The summed E-state index contributed by atoms with van der Waals surface area (Å²) in [5, 5.41) is 18.1. The fraction of sp³-hybridized carbons (Fsp3) is 0.444. The number of rotatable bonds is 8. The van der Waals surface area contributed by atoms with Gasteiger partial charge in [0.1, 0.15) is 23.8 Å². The summed E-state index contributed by atoms with van der Waals surface area (Å²) in [5.74, 6) is 0.465. The van der Waals surface area contributed by atoms with Crippen molar-refractivity contribution in [2.45, 2.75) is 33.4 Å². The number of carbonyl (C=O) groups is 2. The van der Waals surface area contributed by atoms with E-state index in [0.717, 1.165) is 49.7 Å². The van der Waals surface area contributed by atoms with Crippen LogP contribution in [0.3, 0.4) is 0 Å². The van der Waals surface area contributed by atoms with Gasteiger partial charge in [0.15, 0.2) is 5.78 Å². The number of Topliss-reactive ketones (excluding diaryl/α,β-unsaturated/α-hetero) is 1. The van der Waals surface area contributed by atoms with E-state index in [1.54, 1.807) is 11.0 Å². The minimum atomic E-state index is -0.288. The normalized spacial score (nSPS) is 16.0. The summed E-state index contributed by atoms with van der Waals surface area (Å²) in [4.78, 5) is 30.0. The Kier molecular flexibility index (Phi) is 6.93. The van der Waals surface area contributed by atoms with Crippen molar-refractivity contribution in [3.05, 3.63) is 52.7 Å². The molecule has 0 aliphatic carbocycles. The maximum atomic E-state index is 13.4. The lowest BCUT2D eigenvalue weighted by Crippen LogP contribution is -2.38. The van der Waals surface area contributed by atoms with E-state index in [4.69, 9.17) is 9.47 Å². The highest BCUT2D eigenvalue weighted by atomic mass is 16.5. The summed E-state index contributed by atoms with van der Waals surface area (Å²) in [7, 11) is 0. The Morgan fingerprint density at radius 1 is 1.14 bits per heavy atom. The molecule has 0 spiro atoms. The highest BCUT2D eigenvalue weighted by Gasteiger charge is 2.28. The van der Waals surface area contributed by atoms with Crippen LogP contribution < -0.4 is 4.74 Å². The molecule has 9 heteroatoms. The van der Waals surface area contributed by atoms with E-state index < -0.39 is 0 Å². The van der Waals surface area contributed by atoms with Gasteiger partial charge in [-0.05, 0) is 35.2 Å². The lowest BCUT2D eigenvalue weighted by molar-refractivity contribution is 0.0322. The molecule has 9 nitrogen and oxygen atoms in total. The van der Waals surface area contributed by atoms with Crippen LogP contribution in [-0.4, -0.2) is 76.2 Å². The van der Waals surface area contributed by atoms with Gasteiger partial charge in [-0.3, -0.25) is 19.6 Å². The SMILES string of the molecule is CC(C)CC(=O)c1n[nH]c2cc(O)c(C(=O)N3Cc4ccc(OCCN5CCOCC5)cc4C3)cc12. The smallest absolute Gasteiger partial charge is 0.258 e. The third-order valence-electron chi connectivity index (χ3n) is 6.73. The lowest BCUT2D eigenvalue weighted by atomic mass is 10.0. The van der Waals surface area contributed by atoms with Crippen molar-refractivity contribution in [1.82, 2.24) is 20.0 Å². The Morgan fingerprint density at radius 3 is 2.69 bits per heavy atom. The summed E-state index contributed by atoms with van der Waals surface area (Å²) in [6.07, 6.45) is 0.363. The Hall–Kier alpha value is -3.43. The minimum Gasteiger partial charge on any atom is -0.507 e. The summed E-state index contributed by atoms with van der Waals surface area (Å²) >= 11 is 0. The molecule has 0 saturated carbocycles. The molecule has 36 heavy (non-hydrogen) atoms. The second-order valence-corrected chi connectivity index (χ2v) is 9.90. The average Bonchev–Trinajstić information content (AvgIpc) is 3.47. The molecular formula is C27H32N4O5. The standard InChI is InChI=1S/C27H32N4O5/c1-17(2)11-25(33)26-21-13-22(24(32)14-23(21)28-29-26)27(34)31-15-18-3-4-20(12-19(18)16-31)36-10-7-30-5-8-35-9-6-30/h3-4,12-14,17,32H,5-11,15-16H2,1-2H3,(H,28,29). The Bertz CT molecular complexity index is 1280. The number of benzene rings is 2. The van der Waals surface area contributed by atoms with E-state index in [-0.39, 0.29) is 28.9 Å². The van der Waals surface area contributed by atoms with Crippen molar-refractivity contribution in [1.29, 1.82) is 0 Å². The van der Waals surface area contributed by atoms with Crippen LogP contribution in [0.15, 0.2) is 30.3 Å². The van der Waals surface area contributed by atoms with E-state index in [1.807, 2.05) is 32.0 Å². The molecule has 2 N–H and O–H groups in total. The lowest BCUT2D eigenvalue weighted by Gasteiger charge is -2.26. The Morgan fingerprint density at radius 2 is 1.92 bits per heavy atom. The number of hydrogen-bond donors (Lipinski definition) is 2. The van der Waals surface area contributed by atoms with Crippen molar-refractivity contribution in [3.63, 3.8) is 0 Å². The van der Waals surface area contributed by atoms with Gasteiger partial charge in [-0.2, -0.15) is 5.10 Å². The Labute approximate surface area is 210 Å². The molecule has 2 aliphatic rings. The summed E-state index contributed by atoms with van der Waals surface area (Å²) in [5.41, 5.74) is 3.08. The van der Waals surface area contributed by atoms with E-state index in [2.05, 4.69) is 15.1 Å². The largest absolute Gasteiger partial charge is 0.507 e. The number of aromatic nitrogens is 2. The number of hydrogen-bond acceptors (Lipinski definition) is 7. The van der Waals surface area contributed by atoms with Gasteiger partial charge in [0, 0.05) is 50.6 Å². The third kappa shape index (κ3) is 5.08. The molecule has 1 fully saturated rings. The minimum absolute atomic E-state index is 0.0879. The van der Waals surface area contributed by atoms with E-state index in [9.17, 15) is 14.7 Å². The third-order valence-corrected chi connectivity index (χ3v) is 6.73. The molecule has 1 saturated heterocycles. The van der Waals surface area contributed by atoms with Gasteiger partial charge < -0.3 is 19.5 Å². The number of phenols is 1. The molecule has 5 rings (SSSR count). The maximum Gasteiger partial charge on any atom is 0.258 e. The highest BCUT2D eigenvalue weighted by Crippen LogP contribution is 2.32. The second kappa shape index (κ2) is 10.3. The first-order valence-electron chi connectivity index (χ1n) is 12.5. The number of aromatic amines is 1. The molecule has 2 aromatic carbocycles. The first kappa shape index (κ1) is 24.3. The van der Waals surface area contributed by atoms with Crippen LogP contribution in [0.4, 0.5) is 0 Å². The van der Waals surface area contributed by atoms with Gasteiger partial charge in [-0.15, -0.1) is 0 Å². The van der Waals surface area contributed by atoms with Crippen LogP contribution in [0.1, 0.15) is 52.2 Å². The van der Waals surface area contributed by atoms with Crippen LogP contribution >= 0.6 is 0 Å². The molecule has 0 radical (unpaired) electrons. The van der Waals surface area contributed by atoms with Gasteiger partial charge in [-0.25, -0.2) is 0 Å². The zero-order valence-electron chi connectivity index (χ0n) is 20.7. The number of nitrogens with one attached hydrogen (secondary N) is 1. The fourth-order valence-corrected chi connectivity index (χ4v) is 4.80. The number of ketones is 1. The van der Waals surface area contributed by atoms with Crippen molar-refractivity contribution in [3.8, 4) is 11.5 Å². The van der Waals surface area contributed by atoms with Gasteiger partial charge in [-0.1, -0.05) is 19.9 Å². The van der Waals surface area contributed by atoms with Crippen LogP contribution in [0, 0.1) is 5.92 Å². The van der Waals surface area contributed by atoms with Crippen LogP contribution in [-0.2, 0) is 17.8 Å². The number of aromatic hydroxyl groups is 1. The molecule has 0 atom stereocenters. The van der Waals surface area contributed by atoms with Crippen molar-refractivity contribution >= 4 is 22.6 Å². The van der Waals surface area contributed by atoms with Crippen molar-refractivity contribution in [2.24, 2.45) is 5.92 Å². The van der Waals surface area contributed by atoms with Crippen LogP contribution in [0.2, 0.25) is 0 Å². The molecule has 3 heterocycles. The number of morpholine rings is 1. The summed E-state index contributed by atoms with van der Waals surface area (Å²) < 4.78 is 11.3. The van der Waals surface area contributed by atoms with E-state index in [1.165, 1.54) is 6.07 Å². The Balaban J connectivity index is 1.27. The first-order valence-corrected chi connectivity index (χ1v) is 12.5. The molecule has 1 aromatic heterocycles. The number of nitrogens with zero attached hydrogens (tertiary/aromatic N) is 3. The first-order chi connectivity index (χ1) is 17.4. The number of ether oxygens (including phenoxy) is 2. The molecule has 190 valence electrons. The number of amides is 1. The van der Waals surface area contributed by atoms with Gasteiger partial charge >= 0.3 is 0 Å². The van der Waals surface area contributed by atoms with Crippen molar-refractivity contribution < 1.29 is 24.2 Å². The van der Waals surface area contributed by atoms with Gasteiger partial charge in [0.2, 0.25) is 0 Å². The van der Waals surface area contributed by atoms with Gasteiger partial charge in [0.05, 0.1) is 24.3 Å². The maximum absolute atomic E-state index is 13.4. The quantitative estimate of drug-likeness (QED) is 0.464. The monoisotopic (exact) mass is 492 g/mol. The predicted molar refractivity (Wildman–Crippen MR) is 134 cm³/mol. The second-order valence-electron chi connectivity index (χ2n) is 9.90. The summed E-state index contributed by atoms with van der Waals surface area (Å²) in [6.45, 7) is 9.65.